The molecule has 2 aromatic rings. The van der Waals surface area contributed by atoms with E-state index in [1.54, 1.807) is 23.9 Å². The van der Waals surface area contributed by atoms with E-state index >= 15 is 0 Å². The van der Waals surface area contributed by atoms with Gasteiger partial charge in [-0.2, -0.15) is 5.26 Å². The van der Waals surface area contributed by atoms with E-state index in [0.717, 1.165) is 9.79 Å². The van der Waals surface area contributed by atoms with E-state index in [9.17, 15) is 0 Å². The molecule has 3 heteroatoms. The third-order valence-electron chi connectivity index (χ3n) is 2.63. The zero-order valence-corrected chi connectivity index (χ0v) is 11.8. The molecule has 0 bridgehead atoms. The van der Waals surface area contributed by atoms with Crippen LogP contribution >= 0.6 is 23.4 Å². The summed E-state index contributed by atoms with van der Waals surface area (Å²) in [6.45, 7) is 4.13. The first-order chi connectivity index (χ1) is 8.60. The van der Waals surface area contributed by atoms with Crippen LogP contribution in [0, 0.1) is 25.2 Å². The van der Waals surface area contributed by atoms with E-state index in [0.29, 0.717) is 10.6 Å². The quantitative estimate of drug-likeness (QED) is 0.770. The van der Waals surface area contributed by atoms with Gasteiger partial charge in [0.25, 0.3) is 0 Å². The number of nitrogens with zero attached hydrogens (tertiary/aromatic N) is 1. The fourth-order valence-corrected chi connectivity index (χ4v) is 2.97. The summed E-state index contributed by atoms with van der Waals surface area (Å²) in [5.74, 6) is 0. The van der Waals surface area contributed by atoms with Crippen molar-refractivity contribution in [1.29, 1.82) is 5.26 Å². The highest BCUT2D eigenvalue weighted by molar-refractivity contribution is 7.99. The van der Waals surface area contributed by atoms with Crippen molar-refractivity contribution >= 4 is 23.4 Å². The van der Waals surface area contributed by atoms with Crippen molar-refractivity contribution in [3.05, 3.63) is 58.1 Å². The van der Waals surface area contributed by atoms with Gasteiger partial charge in [0.15, 0.2) is 0 Å². The number of halogens is 1. The molecule has 0 saturated heterocycles. The molecule has 0 fully saturated rings. The van der Waals surface area contributed by atoms with Crippen LogP contribution in [0.2, 0.25) is 5.02 Å². The molecular formula is C15H12ClNS. The monoisotopic (exact) mass is 273 g/mol. The Balaban J connectivity index is 2.43. The molecule has 0 N–H and O–H groups in total. The molecule has 0 aliphatic heterocycles. The van der Waals surface area contributed by atoms with Crippen molar-refractivity contribution in [2.75, 3.05) is 0 Å². The maximum absolute atomic E-state index is 9.10. The lowest BCUT2D eigenvalue weighted by molar-refractivity contribution is 1.25. The molecule has 0 spiro atoms. The Labute approximate surface area is 116 Å². The number of nitriles is 1. The van der Waals surface area contributed by atoms with Gasteiger partial charge in [-0.25, -0.2) is 0 Å². The highest BCUT2D eigenvalue weighted by atomic mass is 35.5. The summed E-state index contributed by atoms with van der Waals surface area (Å²) < 4.78 is 0. The van der Waals surface area contributed by atoms with Crippen molar-refractivity contribution in [3.8, 4) is 6.07 Å². The Kier molecular flexibility index (Phi) is 3.96. The van der Waals surface area contributed by atoms with Gasteiger partial charge >= 0.3 is 0 Å². The first kappa shape index (κ1) is 13.0. The maximum atomic E-state index is 9.10. The fraction of sp³-hybridized carbons (Fsp3) is 0.133. The molecule has 0 unspecified atom stereocenters. The highest BCUT2D eigenvalue weighted by Gasteiger charge is 2.07. The Morgan fingerprint density at radius 3 is 2.56 bits per heavy atom. The summed E-state index contributed by atoms with van der Waals surface area (Å²) >= 11 is 7.58. The van der Waals surface area contributed by atoms with Gasteiger partial charge in [0.2, 0.25) is 0 Å². The van der Waals surface area contributed by atoms with Crippen molar-refractivity contribution in [2.24, 2.45) is 0 Å². The molecular weight excluding hydrogens is 262 g/mol. The van der Waals surface area contributed by atoms with Crippen molar-refractivity contribution < 1.29 is 0 Å². The van der Waals surface area contributed by atoms with Crippen molar-refractivity contribution in [2.45, 2.75) is 23.6 Å². The summed E-state index contributed by atoms with van der Waals surface area (Å²) in [6.07, 6.45) is 0. The summed E-state index contributed by atoms with van der Waals surface area (Å²) in [5.41, 5.74) is 3.07. The molecule has 0 heterocycles. The molecule has 0 amide bonds. The average Bonchev–Trinajstić information content (AvgIpc) is 2.34. The second-order valence-electron chi connectivity index (χ2n) is 4.12. The van der Waals surface area contributed by atoms with Gasteiger partial charge in [-0.1, -0.05) is 35.5 Å². The molecule has 1 nitrogen and oxygen atoms in total. The largest absolute Gasteiger partial charge is 0.192 e. The lowest BCUT2D eigenvalue weighted by Crippen LogP contribution is -1.85. The molecule has 2 aromatic carbocycles. The van der Waals surface area contributed by atoms with Gasteiger partial charge in [-0.3, -0.25) is 0 Å². The molecule has 0 aliphatic rings. The predicted molar refractivity (Wildman–Crippen MR) is 76.2 cm³/mol. The molecule has 0 radical (unpaired) electrons. The molecule has 0 saturated carbocycles. The van der Waals surface area contributed by atoms with Crippen LogP contribution in [0.3, 0.4) is 0 Å². The first-order valence-corrected chi connectivity index (χ1v) is 6.74. The van der Waals surface area contributed by atoms with Gasteiger partial charge < -0.3 is 0 Å². The molecule has 18 heavy (non-hydrogen) atoms. The van der Waals surface area contributed by atoms with Gasteiger partial charge in [-0.05, 0) is 49.2 Å². The van der Waals surface area contributed by atoms with E-state index < -0.39 is 0 Å². The third-order valence-corrected chi connectivity index (χ3v) is 4.08. The van der Waals surface area contributed by atoms with Crippen LogP contribution in [0.4, 0.5) is 0 Å². The number of benzene rings is 2. The van der Waals surface area contributed by atoms with Crippen LogP contribution in [0.15, 0.2) is 46.2 Å². The van der Waals surface area contributed by atoms with Crippen molar-refractivity contribution in [1.82, 2.24) is 0 Å². The fourth-order valence-electron chi connectivity index (χ4n) is 1.61. The summed E-state index contributed by atoms with van der Waals surface area (Å²) in [4.78, 5) is 2.06. The first-order valence-electron chi connectivity index (χ1n) is 5.55. The number of rotatable bonds is 2. The van der Waals surface area contributed by atoms with Crippen LogP contribution in [0.25, 0.3) is 0 Å². The normalized spacial score (nSPS) is 10.1. The minimum atomic E-state index is 0.654. The summed E-state index contributed by atoms with van der Waals surface area (Å²) in [7, 11) is 0. The minimum absolute atomic E-state index is 0.654. The Bertz CT molecular complexity index is 629. The Hall–Kier alpha value is -1.43. The second kappa shape index (κ2) is 5.48. The summed E-state index contributed by atoms with van der Waals surface area (Å²) in [5, 5.41) is 9.76. The lowest BCUT2D eigenvalue weighted by atomic mass is 10.2. The van der Waals surface area contributed by atoms with Gasteiger partial charge in [0.1, 0.15) is 6.07 Å². The van der Waals surface area contributed by atoms with Gasteiger partial charge in [0, 0.05) is 14.8 Å². The van der Waals surface area contributed by atoms with E-state index in [1.807, 2.05) is 6.07 Å². The topological polar surface area (TPSA) is 23.8 Å². The highest BCUT2D eigenvalue weighted by Crippen LogP contribution is 2.34. The molecule has 0 atom stereocenters. The third kappa shape index (κ3) is 2.87. The number of aryl methyl sites for hydroxylation is 2. The lowest BCUT2D eigenvalue weighted by Gasteiger charge is -2.08. The minimum Gasteiger partial charge on any atom is -0.192 e. The van der Waals surface area contributed by atoms with Crippen LogP contribution in [0.1, 0.15) is 16.7 Å². The van der Waals surface area contributed by atoms with E-state index in [2.05, 4.69) is 38.1 Å². The molecule has 2 rings (SSSR count). The van der Waals surface area contributed by atoms with E-state index in [1.165, 1.54) is 11.1 Å². The summed E-state index contributed by atoms with van der Waals surface area (Å²) in [6, 6.07) is 13.8. The standard InChI is InChI=1S/C15H12ClNS/c1-10-3-4-11(2)14(7-10)18-15-8-13(16)6-5-12(15)9-17/h3-8H,1-2H3. The zero-order chi connectivity index (χ0) is 13.1. The Morgan fingerprint density at radius 2 is 1.83 bits per heavy atom. The second-order valence-corrected chi connectivity index (χ2v) is 5.64. The molecule has 0 aliphatic carbocycles. The Morgan fingerprint density at radius 1 is 1.06 bits per heavy atom. The van der Waals surface area contributed by atoms with E-state index in [4.69, 9.17) is 16.9 Å². The number of hydrogen-bond acceptors (Lipinski definition) is 2. The average molecular weight is 274 g/mol. The van der Waals surface area contributed by atoms with Crippen LogP contribution in [-0.4, -0.2) is 0 Å². The van der Waals surface area contributed by atoms with Crippen molar-refractivity contribution in [3.63, 3.8) is 0 Å². The number of hydrogen-bond donors (Lipinski definition) is 0. The molecule has 90 valence electrons. The van der Waals surface area contributed by atoms with Crippen LogP contribution in [-0.2, 0) is 0 Å². The van der Waals surface area contributed by atoms with Crippen LogP contribution < -0.4 is 0 Å². The smallest absolute Gasteiger partial charge is 0.100 e. The SMILES string of the molecule is Cc1ccc(C)c(Sc2cc(Cl)ccc2C#N)c1. The van der Waals surface area contributed by atoms with E-state index in [-0.39, 0.29) is 0 Å². The zero-order valence-electron chi connectivity index (χ0n) is 10.2. The molecule has 0 aromatic heterocycles. The van der Waals surface area contributed by atoms with Crippen LogP contribution in [0.5, 0.6) is 0 Å². The maximum Gasteiger partial charge on any atom is 0.100 e. The predicted octanol–water partition coefficient (Wildman–Crippen LogP) is 4.98. The van der Waals surface area contributed by atoms with Gasteiger partial charge in [0.05, 0.1) is 5.56 Å². The van der Waals surface area contributed by atoms with Gasteiger partial charge in [-0.15, -0.1) is 0 Å².